The van der Waals surface area contributed by atoms with E-state index in [1.54, 1.807) is 19.2 Å². The van der Waals surface area contributed by atoms with Crippen LogP contribution in [0.1, 0.15) is 33.8 Å². The molecule has 0 radical (unpaired) electrons. The number of carbonyl (C=O) groups excluding carboxylic acids is 1. The van der Waals surface area contributed by atoms with Crippen molar-refractivity contribution in [2.24, 2.45) is 0 Å². The molecule has 1 amide bonds. The molecule has 1 aliphatic heterocycles. The number of thiazole rings is 1. The zero-order valence-corrected chi connectivity index (χ0v) is 18.4. The first kappa shape index (κ1) is 21.5. The zero-order valence-electron chi connectivity index (χ0n) is 17.6. The van der Waals surface area contributed by atoms with Crippen molar-refractivity contribution in [1.82, 2.24) is 10.3 Å². The van der Waals surface area contributed by atoms with Gasteiger partial charge in [-0.2, -0.15) is 0 Å². The fourth-order valence-electron chi connectivity index (χ4n) is 3.93. The minimum absolute atomic E-state index is 0.136. The fraction of sp³-hybridized carbons (Fsp3) is 0.333. The van der Waals surface area contributed by atoms with Gasteiger partial charge in [-0.15, -0.1) is 11.3 Å². The lowest BCUT2D eigenvalue weighted by molar-refractivity contribution is 0.0487. The molecule has 2 aromatic carbocycles. The molecule has 1 aliphatic rings. The topological polar surface area (TPSA) is 60.5 Å². The highest BCUT2D eigenvalue weighted by Gasteiger charge is 2.35. The third-order valence-electron chi connectivity index (χ3n) is 5.83. The van der Waals surface area contributed by atoms with Gasteiger partial charge >= 0.3 is 0 Å². The molecular weight excluding hydrogens is 415 g/mol. The molecule has 3 aromatic rings. The molecule has 1 saturated heterocycles. The number of benzene rings is 2. The molecule has 0 aliphatic carbocycles. The number of hydrogen-bond acceptors (Lipinski definition) is 5. The van der Waals surface area contributed by atoms with Crippen LogP contribution in [0.4, 0.5) is 4.39 Å². The molecule has 0 saturated carbocycles. The maximum atomic E-state index is 13.2. The smallest absolute Gasteiger partial charge is 0.263 e. The van der Waals surface area contributed by atoms with E-state index in [0.717, 1.165) is 24.2 Å². The molecule has 7 heteroatoms. The van der Waals surface area contributed by atoms with Crippen LogP contribution in [0.3, 0.4) is 0 Å². The van der Waals surface area contributed by atoms with Crippen molar-refractivity contribution >= 4 is 17.2 Å². The first-order valence-corrected chi connectivity index (χ1v) is 11.1. The number of ether oxygens (including phenoxy) is 2. The SMILES string of the molecule is COc1ccc(C2(CNC(=O)c3sc(-c4ccc(F)cc4)nc3C)CCOCC2)cc1. The van der Waals surface area contributed by atoms with Gasteiger partial charge in [-0.25, -0.2) is 9.37 Å². The normalized spacial score (nSPS) is 15.5. The van der Waals surface area contributed by atoms with E-state index in [2.05, 4.69) is 22.4 Å². The second kappa shape index (κ2) is 9.16. The number of nitrogens with zero attached hydrogens (tertiary/aromatic N) is 1. The molecule has 5 nitrogen and oxygen atoms in total. The van der Waals surface area contributed by atoms with E-state index in [4.69, 9.17) is 9.47 Å². The van der Waals surface area contributed by atoms with Gasteiger partial charge in [0.15, 0.2) is 0 Å². The molecule has 0 bridgehead atoms. The zero-order chi connectivity index (χ0) is 21.8. The quantitative estimate of drug-likeness (QED) is 0.601. The predicted octanol–water partition coefficient (Wildman–Crippen LogP) is 4.74. The van der Waals surface area contributed by atoms with Crippen LogP contribution in [0, 0.1) is 12.7 Å². The maximum absolute atomic E-state index is 13.2. The minimum atomic E-state index is -0.296. The van der Waals surface area contributed by atoms with Crippen molar-refractivity contribution in [3.63, 3.8) is 0 Å². The van der Waals surface area contributed by atoms with Crippen molar-refractivity contribution in [2.75, 3.05) is 26.9 Å². The van der Waals surface area contributed by atoms with Crippen LogP contribution >= 0.6 is 11.3 Å². The van der Waals surface area contributed by atoms with Crippen molar-refractivity contribution in [1.29, 1.82) is 0 Å². The number of rotatable bonds is 6. The lowest BCUT2D eigenvalue weighted by Gasteiger charge is -2.38. The van der Waals surface area contributed by atoms with E-state index in [9.17, 15) is 9.18 Å². The van der Waals surface area contributed by atoms with E-state index < -0.39 is 0 Å². The Labute approximate surface area is 185 Å². The molecule has 1 aromatic heterocycles. The molecule has 0 unspecified atom stereocenters. The van der Waals surface area contributed by atoms with Crippen LogP contribution in [0.15, 0.2) is 48.5 Å². The molecule has 1 fully saturated rings. The van der Waals surface area contributed by atoms with Crippen LogP contribution < -0.4 is 10.1 Å². The van der Waals surface area contributed by atoms with Gasteiger partial charge in [0.05, 0.1) is 12.8 Å². The summed E-state index contributed by atoms with van der Waals surface area (Å²) in [5, 5.41) is 3.84. The standard InChI is InChI=1S/C24H25FN2O3S/c1-16-21(31-23(27-16)17-3-7-19(25)8-4-17)22(28)26-15-24(11-13-30-14-12-24)18-5-9-20(29-2)10-6-18/h3-10H,11-15H2,1-2H3,(H,26,28). The average Bonchev–Trinajstić information content (AvgIpc) is 3.20. The Bertz CT molecular complexity index is 1040. The first-order chi connectivity index (χ1) is 15.0. The average molecular weight is 441 g/mol. The maximum Gasteiger partial charge on any atom is 0.263 e. The number of carbonyl (C=O) groups is 1. The Balaban J connectivity index is 1.52. The molecule has 0 atom stereocenters. The highest BCUT2D eigenvalue weighted by molar-refractivity contribution is 7.17. The van der Waals surface area contributed by atoms with Crippen molar-refractivity contribution in [3.8, 4) is 16.3 Å². The minimum Gasteiger partial charge on any atom is -0.497 e. The fourth-order valence-corrected chi connectivity index (χ4v) is 4.92. The summed E-state index contributed by atoms with van der Waals surface area (Å²) in [5.41, 5.74) is 2.46. The highest BCUT2D eigenvalue weighted by atomic mass is 32.1. The Morgan fingerprint density at radius 3 is 2.48 bits per heavy atom. The van der Waals surface area contributed by atoms with Gasteiger partial charge < -0.3 is 14.8 Å². The van der Waals surface area contributed by atoms with Gasteiger partial charge in [0.1, 0.15) is 21.5 Å². The summed E-state index contributed by atoms with van der Waals surface area (Å²) in [7, 11) is 1.65. The van der Waals surface area contributed by atoms with E-state index in [1.165, 1.54) is 29.0 Å². The largest absolute Gasteiger partial charge is 0.497 e. The third kappa shape index (κ3) is 4.62. The van der Waals surface area contributed by atoms with Crippen LogP contribution in [-0.2, 0) is 10.2 Å². The molecule has 1 N–H and O–H groups in total. The molecule has 2 heterocycles. The predicted molar refractivity (Wildman–Crippen MR) is 119 cm³/mol. The van der Waals surface area contributed by atoms with E-state index in [1.807, 2.05) is 19.1 Å². The van der Waals surface area contributed by atoms with Gasteiger partial charge in [-0.05, 0) is 61.7 Å². The van der Waals surface area contributed by atoms with Gasteiger partial charge in [0.2, 0.25) is 0 Å². The number of methoxy groups -OCH3 is 1. The third-order valence-corrected chi connectivity index (χ3v) is 7.04. The van der Waals surface area contributed by atoms with Crippen LogP contribution in [0.25, 0.3) is 10.6 Å². The lowest BCUT2D eigenvalue weighted by Crippen LogP contribution is -2.44. The number of hydrogen-bond donors (Lipinski definition) is 1. The van der Waals surface area contributed by atoms with Gasteiger partial charge in [0.25, 0.3) is 5.91 Å². The van der Waals surface area contributed by atoms with Crippen LogP contribution in [0.2, 0.25) is 0 Å². The molecule has 31 heavy (non-hydrogen) atoms. The second-order valence-corrected chi connectivity index (χ2v) is 8.74. The Hall–Kier alpha value is -2.77. The molecule has 0 spiro atoms. The summed E-state index contributed by atoms with van der Waals surface area (Å²) in [6, 6.07) is 14.2. The van der Waals surface area contributed by atoms with Crippen LogP contribution in [-0.4, -0.2) is 37.8 Å². The van der Waals surface area contributed by atoms with E-state index in [-0.39, 0.29) is 17.1 Å². The number of aromatic nitrogens is 1. The number of nitrogens with one attached hydrogen (secondary N) is 1. The Kier molecular flexibility index (Phi) is 6.34. The van der Waals surface area contributed by atoms with E-state index in [0.29, 0.717) is 35.3 Å². The van der Waals surface area contributed by atoms with Gasteiger partial charge in [-0.3, -0.25) is 4.79 Å². The van der Waals surface area contributed by atoms with Crippen molar-refractivity contribution in [2.45, 2.75) is 25.2 Å². The number of amides is 1. The molecule has 4 rings (SSSR count). The van der Waals surface area contributed by atoms with Gasteiger partial charge in [-0.1, -0.05) is 12.1 Å². The van der Waals surface area contributed by atoms with Gasteiger partial charge in [0, 0.05) is 30.7 Å². The van der Waals surface area contributed by atoms with Crippen molar-refractivity contribution < 1.29 is 18.7 Å². The summed E-state index contributed by atoms with van der Waals surface area (Å²) >= 11 is 1.33. The van der Waals surface area contributed by atoms with E-state index >= 15 is 0 Å². The Morgan fingerprint density at radius 2 is 1.84 bits per heavy atom. The van der Waals surface area contributed by atoms with Crippen LogP contribution in [0.5, 0.6) is 5.75 Å². The monoisotopic (exact) mass is 440 g/mol. The summed E-state index contributed by atoms with van der Waals surface area (Å²) in [6.07, 6.45) is 1.67. The second-order valence-electron chi connectivity index (χ2n) is 7.74. The highest BCUT2D eigenvalue weighted by Crippen LogP contribution is 2.35. The summed E-state index contributed by atoms with van der Waals surface area (Å²) in [5.74, 6) is 0.377. The Morgan fingerprint density at radius 1 is 1.16 bits per heavy atom. The molecule has 162 valence electrons. The number of aryl methyl sites for hydroxylation is 1. The summed E-state index contributed by atoms with van der Waals surface area (Å²) < 4.78 is 24.1. The molecular formula is C24H25FN2O3S. The lowest BCUT2D eigenvalue weighted by atomic mass is 9.74. The first-order valence-electron chi connectivity index (χ1n) is 10.2. The summed E-state index contributed by atoms with van der Waals surface area (Å²) in [6.45, 7) is 3.67. The number of halogens is 1. The van der Waals surface area contributed by atoms with Crippen molar-refractivity contribution in [3.05, 3.63) is 70.5 Å². The summed E-state index contributed by atoms with van der Waals surface area (Å²) in [4.78, 5) is 18.1.